The number of methoxy groups -OCH3 is 1. The van der Waals surface area contributed by atoms with E-state index in [-0.39, 0.29) is 9.77 Å². The first-order chi connectivity index (χ1) is 8.29. The smallest absolute Gasteiger partial charge is 0.349 e. The van der Waals surface area contributed by atoms with Gasteiger partial charge < -0.3 is 9.84 Å². The molecule has 1 aromatic rings. The lowest BCUT2D eigenvalue weighted by molar-refractivity contribution is -0.138. The van der Waals surface area contributed by atoms with Gasteiger partial charge in [0, 0.05) is 0 Å². The molecule has 0 unspecified atom stereocenters. The zero-order chi connectivity index (χ0) is 13.9. The molecule has 0 radical (unpaired) electrons. The van der Waals surface area contributed by atoms with Crippen LogP contribution in [0.2, 0.25) is 0 Å². The van der Waals surface area contributed by atoms with E-state index >= 15 is 0 Å². The van der Waals surface area contributed by atoms with Gasteiger partial charge in [0.1, 0.15) is 15.8 Å². The van der Waals surface area contributed by atoms with E-state index < -0.39 is 28.0 Å². The largest absolute Gasteiger partial charge is 0.480 e. The van der Waals surface area contributed by atoms with Crippen LogP contribution in [0.15, 0.2) is 16.3 Å². The van der Waals surface area contributed by atoms with Crippen molar-refractivity contribution >= 4 is 33.3 Å². The van der Waals surface area contributed by atoms with Gasteiger partial charge >= 0.3 is 11.9 Å². The fraction of sp³-hybridized carbons (Fsp3) is 0.333. The Morgan fingerprint density at radius 1 is 1.50 bits per heavy atom. The monoisotopic (exact) mass is 293 g/mol. The van der Waals surface area contributed by atoms with Gasteiger partial charge in [-0.3, -0.25) is 4.79 Å². The van der Waals surface area contributed by atoms with Gasteiger partial charge in [0.15, 0.2) is 0 Å². The van der Waals surface area contributed by atoms with Crippen LogP contribution in [0.3, 0.4) is 0 Å². The SMILES string of the molecule is COC(=O)c1sccc1S(=O)(=O)N[C@H](C)C(=O)O. The van der Waals surface area contributed by atoms with E-state index in [0.29, 0.717) is 0 Å². The molecule has 100 valence electrons. The van der Waals surface area contributed by atoms with Crippen LogP contribution in [0.4, 0.5) is 0 Å². The molecule has 0 saturated carbocycles. The maximum Gasteiger partial charge on any atom is 0.349 e. The van der Waals surface area contributed by atoms with Crippen molar-refractivity contribution in [3.05, 3.63) is 16.3 Å². The number of hydrogen-bond acceptors (Lipinski definition) is 6. The van der Waals surface area contributed by atoms with Gasteiger partial charge in [-0.25, -0.2) is 13.2 Å². The number of carbonyl (C=O) groups is 2. The Bertz CT molecular complexity index is 561. The second kappa shape index (κ2) is 5.46. The number of sulfonamides is 1. The van der Waals surface area contributed by atoms with Crippen LogP contribution in [-0.4, -0.2) is 38.6 Å². The maximum atomic E-state index is 11.9. The van der Waals surface area contributed by atoms with Crippen LogP contribution in [0.5, 0.6) is 0 Å². The molecule has 0 aliphatic heterocycles. The Balaban J connectivity index is 3.10. The average Bonchev–Trinajstić information content (AvgIpc) is 2.76. The first kappa shape index (κ1) is 14.6. The lowest BCUT2D eigenvalue weighted by Gasteiger charge is -2.10. The minimum absolute atomic E-state index is 0.0948. The van der Waals surface area contributed by atoms with Gasteiger partial charge in [-0.1, -0.05) is 0 Å². The Morgan fingerprint density at radius 2 is 2.11 bits per heavy atom. The van der Waals surface area contributed by atoms with E-state index in [0.717, 1.165) is 18.4 Å². The highest BCUT2D eigenvalue weighted by molar-refractivity contribution is 7.89. The highest BCUT2D eigenvalue weighted by Crippen LogP contribution is 2.22. The topological polar surface area (TPSA) is 110 Å². The fourth-order valence-corrected chi connectivity index (χ4v) is 3.63. The molecule has 0 amide bonds. The summed E-state index contributed by atoms with van der Waals surface area (Å²) in [6, 6.07) is -0.0752. The molecule has 0 fully saturated rings. The number of carboxylic acids is 1. The number of carbonyl (C=O) groups excluding carboxylic acids is 1. The molecule has 0 aliphatic rings. The molecule has 1 atom stereocenters. The van der Waals surface area contributed by atoms with E-state index in [4.69, 9.17) is 5.11 Å². The van der Waals surface area contributed by atoms with Gasteiger partial charge in [0.2, 0.25) is 10.0 Å². The summed E-state index contributed by atoms with van der Waals surface area (Å²) in [5.41, 5.74) is 0. The summed E-state index contributed by atoms with van der Waals surface area (Å²) in [6.45, 7) is 1.18. The normalized spacial score (nSPS) is 13.0. The van der Waals surface area contributed by atoms with Crippen molar-refractivity contribution in [1.29, 1.82) is 0 Å². The third-order valence-corrected chi connectivity index (χ3v) is 4.60. The molecule has 18 heavy (non-hydrogen) atoms. The Morgan fingerprint density at radius 3 is 2.61 bits per heavy atom. The molecule has 0 aromatic carbocycles. The number of nitrogens with one attached hydrogen (secondary N) is 1. The van der Waals surface area contributed by atoms with Gasteiger partial charge in [0.25, 0.3) is 0 Å². The highest BCUT2D eigenvalue weighted by Gasteiger charge is 2.27. The van der Waals surface area contributed by atoms with Crippen LogP contribution in [0, 0.1) is 0 Å². The molecule has 0 spiro atoms. The second-order valence-corrected chi connectivity index (χ2v) is 5.89. The van der Waals surface area contributed by atoms with E-state index in [1.807, 2.05) is 4.72 Å². The standard InChI is InChI=1S/C9H11NO6S2/c1-5(8(11)12)10-18(14,15)6-3-4-17-7(6)9(13)16-2/h3-5,10H,1-2H3,(H,11,12)/t5-/m1/s1. The van der Waals surface area contributed by atoms with Crippen molar-refractivity contribution in [3.63, 3.8) is 0 Å². The third-order valence-electron chi connectivity index (χ3n) is 1.99. The van der Waals surface area contributed by atoms with E-state index in [9.17, 15) is 18.0 Å². The number of esters is 1. The number of hydrogen-bond donors (Lipinski definition) is 2. The third kappa shape index (κ3) is 3.06. The number of rotatable bonds is 5. The van der Waals surface area contributed by atoms with Crippen molar-refractivity contribution in [2.75, 3.05) is 7.11 Å². The highest BCUT2D eigenvalue weighted by atomic mass is 32.2. The first-order valence-corrected chi connectivity index (χ1v) is 7.07. The van der Waals surface area contributed by atoms with Crippen molar-refractivity contribution in [3.8, 4) is 0 Å². The van der Waals surface area contributed by atoms with Gasteiger partial charge in [-0.2, -0.15) is 4.72 Å². The Hall–Kier alpha value is -1.45. The van der Waals surface area contributed by atoms with Gasteiger partial charge in [-0.05, 0) is 18.4 Å². The first-order valence-electron chi connectivity index (χ1n) is 4.70. The number of ether oxygens (including phenoxy) is 1. The quantitative estimate of drug-likeness (QED) is 0.755. The summed E-state index contributed by atoms with van der Waals surface area (Å²) in [5, 5.41) is 10.1. The van der Waals surface area contributed by atoms with Crippen molar-refractivity contribution < 1.29 is 27.9 Å². The molecular formula is C9H11NO6S2. The molecule has 9 heteroatoms. The summed E-state index contributed by atoms with van der Waals surface area (Å²) in [7, 11) is -2.94. The van der Waals surface area contributed by atoms with E-state index in [1.54, 1.807) is 0 Å². The van der Waals surface area contributed by atoms with Crippen LogP contribution < -0.4 is 4.72 Å². The molecule has 1 rings (SSSR count). The molecule has 1 heterocycles. The van der Waals surface area contributed by atoms with Crippen molar-refractivity contribution in [1.82, 2.24) is 4.72 Å². The molecule has 0 aliphatic carbocycles. The molecule has 2 N–H and O–H groups in total. The lowest BCUT2D eigenvalue weighted by atomic mass is 10.4. The minimum Gasteiger partial charge on any atom is -0.480 e. The van der Waals surface area contributed by atoms with E-state index in [1.165, 1.54) is 18.4 Å². The Labute approximate surface area is 107 Å². The summed E-state index contributed by atoms with van der Waals surface area (Å²) >= 11 is 0.903. The zero-order valence-corrected chi connectivity index (χ0v) is 11.2. The zero-order valence-electron chi connectivity index (χ0n) is 9.54. The average molecular weight is 293 g/mol. The summed E-state index contributed by atoms with van der Waals surface area (Å²) in [6.07, 6.45) is 0. The molecule has 1 aromatic heterocycles. The van der Waals surface area contributed by atoms with Crippen molar-refractivity contribution in [2.24, 2.45) is 0 Å². The fourth-order valence-electron chi connectivity index (χ4n) is 1.10. The van der Waals surface area contributed by atoms with Crippen LogP contribution in [0.1, 0.15) is 16.6 Å². The van der Waals surface area contributed by atoms with Crippen LogP contribution in [-0.2, 0) is 19.6 Å². The van der Waals surface area contributed by atoms with E-state index in [2.05, 4.69) is 4.74 Å². The van der Waals surface area contributed by atoms with Crippen molar-refractivity contribution in [2.45, 2.75) is 17.9 Å². The molecule has 0 bridgehead atoms. The summed E-state index contributed by atoms with van der Waals surface area (Å²) in [5.74, 6) is -2.10. The molecule has 7 nitrogen and oxygen atoms in total. The minimum atomic E-state index is -4.07. The lowest BCUT2D eigenvalue weighted by Crippen LogP contribution is -2.38. The van der Waals surface area contributed by atoms with Crippen LogP contribution in [0.25, 0.3) is 0 Å². The summed E-state index contributed by atoms with van der Waals surface area (Å²) in [4.78, 5) is 21.6. The second-order valence-electron chi connectivity index (χ2n) is 3.29. The van der Waals surface area contributed by atoms with Gasteiger partial charge in [0.05, 0.1) is 7.11 Å². The Kier molecular flexibility index (Phi) is 4.43. The predicted octanol–water partition coefficient (Wildman–Crippen LogP) is 0.286. The van der Waals surface area contributed by atoms with Gasteiger partial charge in [-0.15, -0.1) is 11.3 Å². The van der Waals surface area contributed by atoms with Crippen LogP contribution >= 0.6 is 11.3 Å². The predicted molar refractivity (Wildman–Crippen MR) is 63.1 cm³/mol. The molecule has 0 saturated heterocycles. The number of thiophene rings is 1. The molecular weight excluding hydrogens is 282 g/mol. The maximum absolute atomic E-state index is 11.9. The number of carboxylic acid groups (broad SMARTS) is 1. The number of aliphatic carboxylic acids is 1. The summed E-state index contributed by atoms with van der Waals surface area (Å²) < 4.78 is 30.1.